The number of thiazole rings is 1. The zero-order chi connectivity index (χ0) is 13.1. The van der Waals surface area contributed by atoms with Gasteiger partial charge in [0.25, 0.3) is 0 Å². The van der Waals surface area contributed by atoms with E-state index in [4.69, 9.17) is 0 Å². The van der Waals surface area contributed by atoms with Crippen LogP contribution in [0.2, 0.25) is 0 Å². The molecule has 0 aliphatic heterocycles. The number of phenols is 2. The summed E-state index contributed by atoms with van der Waals surface area (Å²) >= 11 is 1.63. The first-order chi connectivity index (χ1) is 8.65. The Bertz CT molecular complexity index is 532. The van der Waals surface area contributed by atoms with Crippen LogP contribution in [0.1, 0.15) is 37.6 Å². The van der Waals surface area contributed by atoms with E-state index in [1.165, 1.54) is 6.07 Å². The molecule has 18 heavy (non-hydrogen) atoms. The number of rotatable bonds is 4. The van der Waals surface area contributed by atoms with Crippen molar-refractivity contribution in [1.82, 2.24) is 4.98 Å². The third-order valence-electron chi connectivity index (χ3n) is 3.11. The first-order valence-electron chi connectivity index (χ1n) is 6.13. The molecule has 0 atom stereocenters. The molecule has 4 heteroatoms. The maximum atomic E-state index is 9.81. The summed E-state index contributed by atoms with van der Waals surface area (Å²) in [5.74, 6) is 0.617. The fourth-order valence-corrected chi connectivity index (χ4v) is 3.06. The highest BCUT2D eigenvalue weighted by Gasteiger charge is 2.14. The molecule has 0 saturated carbocycles. The Kier molecular flexibility index (Phi) is 3.87. The fraction of sp³-hybridized carbons (Fsp3) is 0.357. The second-order valence-electron chi connectivity index (χ2n) is 4.29. The Labute approximate surface area is 111 Å². The summed E-state index contributed by atoms with van der Waals surface area (Å²) in [4.78, 5) is 4.59. The SMILES string of the molecule is CCC(CC)c1nc(-c2ccc(O)cc2O)cs1. The van der Waals surface area contributed by atoms with Crippen molar-refractivity contribution in [3.8, 4) is 22.8 Å². The van der Waals surface area contributed by atoms with E-state index in [2.05, 4.69) is 18.8 Å². The predicted octanol–water partition coefficient (Wildman–Crippen LogP) is 4.12. The fourth-order valence-electron chi connectivity index (χ4n) is 1.97. The molecule has 0 unspecified atom stereocenters. The van der Waals surface area contributed by atoms with Crippen molar-refractivity contribution in [3.63, 3.8) is 0 Å². The number of benzene rings is 1. The first-order valence-corrected chi connectivity index (χ1v) is 7.01. The summed E-state index contributed by atoms with van der Waals surface area (Å²) in [6.07, 6.45) is 2.15. The van der Waals surface area contributed by atoms with Gasteiger partial charge in [0.2, 0.25) is 0 Å². The zero-order valence-corrected chi connectivity index (χ0v) is 11.4. The molecule has 0 aliphatic rings. The van der Waals surface area contributed by atoms with Crippen LogP contribution in [0.5, 0.6) is 11.5 Å². The number of aromatic nitrogens is 1. The third-order valence-corrected chi connectivity index (χ3v) is 4.12. The molecule has 0 aliphatic carbocycles. The highest BCUT2D eigenvalue weighted by Crippen LogP contribution is 2.35. The van der Waals surface area contributed by atoms with E-state index in [9.17, 15) is 10.2 Å². The predicted molar refractivity (Wildman–Crippen MR) is 74.2 cm³/mol. The summed E-state index contributed by atoms with van der Waals surface area (Å²) in [6.45, 7) is 4.32. The number of hydrogen-bond acceptors (Lipinski definition) is 4. The van der Waals surface area contributed by atoms with E-state index >= 15 is 0 Å². The van der Waals surface area contributed by atoms with Crippen LogP contribution in [0.15, 0.2) is 23.6 Å². The van der Waals surface area contributed by atoms with Crippen molar-refractivity contribution in [2.45, 2.75) is 32.6 Å². The molecule has 96 valence electrons. The Hall–Kier alpha value is -1.55. The second-order valence-corrected chi connectivity index (χ2v) is 5.18. The maximum Gasteiger partial charge on any atom is 0.128 e. The van der Waals surface area contributed by atoms with E-state index in [-0.39, 0.29) is 11.5 Å². The molecule has 1 aromatic carbocycles. The lowest BCUT2D eigenvalue weighted by molar-refractivity contribution is 0.452. The minimum absolute atomic E-state index is 0.0618. The largest absolute Gasteiger partial charge is 0.508 e. The van der Waals surface area contributed by atoms with E-state index < -0.39 is 0 Å². The molecule has 0 fully saturated rings. The van der Waals surface area contributed by atoms with Gasteiger partial charge < -0.3 is 10.2 Å². The van der Waals surface area contributed by atoms with Gasteiger partial charge in [0.1, 0.15) is 11.5 Å². The molecule has 2 aromatic rings. The number of nitrogens with zero attached hydrogens (tertiary/aromatic N) is 1. The molecule has 0 radical (unpaired) electrons. The van der Waals surface area contributed by atoms with Crippen LogP contribution in [0, 0.1) is 0 Å². The van der Waals surface area contributed by atoms with Crippen molar-refractivity contribution in [1.29, 1.82) is 0 Å². The smallest absolute Gasteiger partial charge is 0.128 e. The van der Waals surface area contributed by atoms with E-state index in [0.717, 1.165) is 23.5 Å². The Morgan fingerprint density at radius 1 is 1.22 bits per heavy atom. The van der Waals surface area contributed by atoms with Crippen LogP contribution in [0.25, 0.3) is 11.3 Å². The van der Waals surface area contributed by atoms with Gasteiger partial charge in [-0.1, -0.05) is 13.8 Å². The summed E-state index contributed by atoms with van der Waals surface area (Å²) in [5.41, 5.74) is 1.45. The van der Waals surface area contributed by atoms with Crippen LogP contribution in [-0.4, -0.2) is 15.2 Å². The van der Waals surface area contributed by atoms with E-state index in [1.807, 2.05) is 5.38 Å². The van der Waals surface area contributed by atoms with Crippen molar-refractivity contribution < 1.29 is 10.2 Å². The Morgan fingerprint density at radius 3 is 2.56 bits per heavy atom. The van der Waals surface area contributed by atoms with Gasteiger partial charge in [0.15, 0.2) is 0 Å². The lowest BCUT2D eigenvalue weighted by atomic mass is 10.0. The van der Waals surface area contributed by atoms with Gasteiger partial charge in [-0.05, 0) is 25.0 Å². The molecule has 1 heterocycles. The third kappa shape index (κ3) is 2.48. The number of hydrogen-bond donors (Lipinski definition) is 2. The van der Waals surface area contributed by atoms with Gasteiger partial charge in [-0.15, -0.1) is 11.3 Å². The van der Waals surface area contributed by atoms with Crippen molar-refractivity contribution >= 4 is 11.3 Å². The van der Waals surface area contributed by atoms with Gasteiger partial charge in [-0.2, -0.15) is 0 Å². The molecule has 1 aromatic heterocycles. The molecule has 2 rings (SSSR count). The molecular formula is C14H17NO2S. The molecule has 0 spiro atoms. The molecule has 0 bridgehead atoms. The van der Waals surface area contributed by atoms with Crippen LogP contribution < -0.4 is 0 Å². The molecule has 3 nitrogen and oxygen atoms in total. The van der Waals surface area contributed by atoms with Crippen molar-refractivity contribution in [2.75, 3.05) is 0 Å². The van der Waals surface area contributed by atoms with Crippen LogP contribution in [0.4, 0.5) is 0 Å². The second kappa shape index (κ2) is 5.40. The maximum absolute atomic E-state index is 9.81. The van der Waals surface area contributed by atoms with Gasteiger partial charge in [-0.3, -0.25) is 0 Å². The first kappa shape index (κ1) is 12.9. The minimum Gasteiger partial charge on any atom is -0.508 e. The number of phenolic OH excluding ortho intramolecular Hbond substituents is 2. The quantitative estimate of drug-likeness (QED) is 0.872. The molecule has 0 saturated heterocycles. The summed E-state index contributed by atoms with van der Waals surface area (Å²) in [6, 6.07) is 4.59. The van der Waals surface area contributed by atoms with E-state index in [1.54, 1.807) is 23.5 Å². The highest BCUT2D eigenvalue weighted by molar-refractivity contribution is 7.10. The Morgan fingerprint density at radius 2 is 1.94 bits per heavy atom. The zero-order valence-electron chi connectivity index (χ0n) is 10.6. The summed E-state index contributed by atoms with van der Waals surface area (Å²) < 4.78 is 0. The van der Waals surface area contributed by atoms with Crippen LogP contribution in [0.3, 0.4) is 0 Å². The number of aromatic hydroxyl groups is 2. The topological polar surface area (TPSA) is 53.4 Å². The van der Waals surface area contributed by atoms with E-state index in [0.29, 0.717) is 11.5 Å². The van der Waals surface area contributed by atoms with Gasteiger partial charge in [0, 0.05) is 22.9 Å². The van der Waals surface area contributed by atoms with Crippen molar-refractivity contribution in [3.05, 3.63) is 28.6 Å². The van der Waals surface area contributed by atoms with Crippen LogP contribution in [-0.2, 0) is 0 Å². The minimum atomic E-state index is 0.0618. The summed E-state index contributed by atoms with van der Waals surface area (Å²) in [5, 5.41) is 22.2. The van der Waals surface area contributed by atoms with Gasteiger partial charge in [0.05, 0.1) is 10.7 Å². The molecular weight excluding hydrogens is 246 g/mol. The van der Waals surface area contributed by atoms with Gasteiger partial charge >= 0.3 is 0 Å². The van der Waals surface area contributed by atoms with Crippen molar-refractivity contribution in [2.24, 2.45) is 0 Å². The molecule has 0 amide bonds. The van der Waals surface area contributed by atoms with Gasteiger partial charge in [-0.25, -0.2) is 4.98 Å². The average molecular weight is 263 g/mol. The molecule has 2 N–H and O–H groups in total. The standard InChI is InChI=1S/C14H17NO2S/c1-3-9(4-2)14-15-12(8-18-14)11-6-5-10(16)7-13(11)17/h5-9,16-17H,3-4H2,1-2H3. The average Bonchev–Trinajstić information content (AvgIpc) is 2.80. The lowest BCUT2D eigenvalue weighted by Gasteiger charge is -2.07. The normalized spacial score (nSPS) is 11.1. The Balaban J connectivity index is 2.34. The monoisotopic (exact) mass is 263 g/mol. The van der Waals surface area contributed by atoms with Crippen LogP contribution >= 0.6 is 11.3 Å². The lowest BCUT2D eigenvalue weighted by Crippen LogP contribution is -1.94. The summed E-state index contributed by atoms with van der Waals surface area (Å²) in [7, 11) is 0. The highest BCUT2D eigenvalue weighted by atomic mass is 32.1.